The fourth-order valence-corrected chi connectivity index (χ4v) is 3.68. The topological polar surface area (TPSA) is 127 Å². The van der Waals surface area contributed by atoms with E-state index >= 15 is 0 Å². The Hall–Kier alpha value is -4.08. The van der Waals surface area contributed by atoms with Crippen molar-refractivity contribution in [1.82, 2.24) is 20.1 Å². The first-order valence-corrected chi connectivity index (χ1v) is 10.3. The lowest BCUT2D eigenvalue weighted by atomic mass is 9.95. The lowest BCUT2D eigenvalue weighted by molar-refractivity contribution is 0.102. The molecule has 3 aromatic heterocycles. The number of nitrogens with zero attached hydrogens (tertiary/aromatic N) is 3. The predicted molar refractivity (Wildman–Crippen MR) is 117 cm³/mol. The monoisotopic (exact) mass is 434 g/mol. The van der Waals surface area contributed by atoms with E-state index in [1.165, 1.54) is 18.8 Å². The average molecular weight is 434 g/mol. The first-order valence-electron chi connectivity index (χ1n) is 10.3. The number of anilines is 2. The molecule has 0 saturated heterocycles. The SMILES string of the molecule is CC(C)[C@@H](Nc1ncnc2[nH]c(C(=O)Nc3cnoc3)cc12)c1ccc2c(c1)OCCO2. The maximum absolute atomic E-state index is 12.6. The van der Waals surface area contributed by atoms with Crippen molar-refractivity contribution in [3.05, 3.63) is 54.3 Å². The molecular formula is C22H22N6O4. The molecular weight excluding hydrogens is 412 g/mol. The number of carbonyl (C=O) groups is 1. The molecule has 0 aliphatic carbocycles. The highest BCUT2D eigenvalue weighted by Crippen LogP contribution is 2.36. The minimum Gasteiger partial charge on any atom is -0.486 e. The summed E-state index contributed by atoms with van der Waals surface area (Å²) in [5.41, 5.74) is 2.43. The van der Waals surface area contributed by atoms with Crippen molar-refractivity contribution < 1.29 is 18.8 Å². The lowest BCUT2D eigenvalue weighted by Gasteiger charge is -2.26. The summed E-state index contributed by atoms with van der Waals surface area (Å²) in [7, 11) is 0. The molecule has 0 radical (unpaired) electrons. The van der Waals surface area contributed by atoms with Crippen LogP contribution in [0.3, 0.4) is 0 Å². The van der Waals surface area contributed by atoms with Crippen LogP contribution in [0.1, 0.15) is 35.9 Å². The Morgan fingerprint density at radius 2 is 1.97 bits per heavy atom. The molecule has 1 amide bonds. The zero-order valence-corrected chi connectivity index (χ0v) is 17.6. The van der Waals surface area contributed by atoms with Crippen LogP contribution in [-0.2, 0) is 0 Å². The number of aromatic amines is 1. The number of H-pyrrole nitrogens is 1. The fraction of sp³-hybridized carbons (Fsp3) is 0.273. The Morgan fingerprint density at radius 1 is 1.12 bits per heavy atom. The molecule has 10 nitrogen and oxygen atoms in total. The molecule has 3 N–H and O–H groups in total. The summed E-state index contributed by atoms with van der Waals surface area (Å²) in [6.45, 7) is 5.34. The van der Waals surface area contributed by atoms with Gasteiger partial charge in [0.1, 0.15) is 48.7 Å². The largest absolute Gasteiger partial charge is 0.486 e. The Balaban J connectivity index is 1.44. The van der Waals surface area contributed by atoms with Gasteiger partial charge in [-0.3, -0.25) is 4.79 Å². The first kappa shape index (κ1) is 19.9. The van der Waals surface area contributed by atoms with Crippen molar-refractivity contribution in [2.75, 3.05) is 23.8 Å². The Labute approximate surface area is 183 Å². The molecule has 5 rings (SSSR count). The Bertz CT molecular complexity index is 1250. The molecule has 0 unspecified atom stereocenters. The third-order valence-electron chi connectivity index (χ3n) is 5.24. The van der Waals surface area contributed by atoms with Gasteiger partial charge < -0.3 is 29.6 Å². The van der Waals surface area contributed by atoms with Crippen LogP contribution in [0.2, 0.25) is 0 Å². The number of carbonyl (C=O) groups excluding carboxylic acids is 1. The number of ether oxygens (including phenoxy) is 2. The Kier molecular flexibility index (Phi) is 5.10. The quantitative estimate of drug-likeness (QED) is 0.418. The zero-order chi connectivity index (χ0) is 22.1. The lowest BCUT2D eigenvalue weighted by Crippen LogP contribution is -2.19. The molecule has 164 valence electrons. The minimum atomic E-state index is -0.329. The summed E-state index contributed by atoms with van der Waals surface area (Å²) in [6, 6.07) is 7.63. The second kappa shape index (κ2) is 8.22. The summed E-state index contributed by atoms with van der Waals surface area (Å²) in [5.74, 6) is 2.04. The van der Waals surface area contributed by atoms with Crippen molar-refractivity contribution in [3.63, 3.8) is 0 Å². The number of aromatic nitrogens is 4. The van der Waals surface area contributed by atoms with Crippen LogP contribution in [0.25, 0.3) is 11.0 Å². The molecule has 4 aromatic rings. The molecule has 0 saturated carbocycles. The number of benzene rings is 1. The highest BCUT2D eigenvalue weighted by Gasteiger charge is 2.22. The zero-order valence-electron chi connectivity index (χ0n) is 17.6. The molecule has 0 bridgehead atoms. The number of rotatable bonds is 6. The van der Waals surface area contributed by atoms with Gasteiger partial charge in [-0.15, -0.1) is 0 Å². The molecule has 0 fully saturated rings. The van der Waals surface area contributed by atoms with E-state index in [1.54, 1.807) is 6.07 Å². The van der Waals surface area contributed by atoms with E-state index < -0.39 is 0 Å². The normalized spacial score (nSPS) is 13.8. The van der Waals surface area contributed by atoms with Gasteiger partial charge in [0.25, 0.3) is 5.91 Å². The van der Waals surface area contributed by atoms with E-state index in [0.717, 1.165) is 17.1 Å². The summed E-state index contributed by atoms with van der Waals surface area (Å²) < 4.78 is 16.1. The van der Waals surface area contributed by atoms with Crippen molar-refractivity contribution in [1.29, 1.82) is 0 Å². The molecule has 1 aliphatic heterocycles. The van der Waals surface area contributed by atoms with Gasteiger partial charge in [0.2, 0.25) is 0 Å². The molecule has 10 heteroatoms. The van der Waals surface area contributed by atoms with Crippen LogP contribution in [-0.4, -0.2) is 39.2 Å². The van der Waals surface area contributed by atoms with E-state index in [2.05, 4.69) is 44.6 Å². The van der Waals surface area contributed by atoms with Gasteiger partial charge in [-0.05, 0) is 29.7 Å². The number of hydrogen-bond donors (Lipinski definition) is 3. The van der Waals surface area contributed by atoms with E-state index in [-0.39, 0.29) is 17.9 Å². The Morgan fingerprint density at radius 3 is 2.75 bits per heavy atom. The number of fused-ring (bicyclic) bond motifs is 2. The van der Waals surface area contributed by atoms with Crippen LogP contribution in [0.15, 0.2) is 47.6 Å². The van der Waals surface area contributed by atoms with Gasteiger partial charge >= 0.3 is 0 Å². The van der Waals surface area contributed by atoms with Crippen LogP contribution in [0.4, 0.5) is 11.5 Å². The fourth-order valence-electron chi connectivity index (χ4n) is 3.68. The van der Waals surface area contributed by atoms with Gasteiger partial charge in [0.05, 0.1) is 17.6 Å². The standard InChI is InChI=1S/C22H22N6O4/c1-12(2)19(13-3-4-17-18(7-13)31-6-5-30-17)28-21-15-8-16(27-20(15)23-11-24-21)22(29)26-14-9-25-32-10-14/h3-4,7-12,19H,5-6H2,1-2H3,(H,26,29)(H2,23,24,27,28)/t19-/m1/s1. The predicted octanol–water partition coefficient (Wildman–Crippen LogP) is 3.78. The van der Waals surface area contributed by atoms with Crippen LogP contribution >= 0.6 is 0 Å². The van der Waals surface area contributed by atoms with Crippen LogP contribution in [0, 0.1) is 5.92 Å². The number of amides is 1. The highest BCUT2D eigenvalue weighted by molar-refractivity contribution is 6.06. The maximum atomic E-state index is 12.6. The van der Waals surface area contributed by atoms with Crippen LogP contribution in [0.5, 0.6) is 11.5 Å². The number of nitrogens with one attached hydrogen (secondary N) is 3. The van der Waals surface area contributed by atoms with Crippen molar-refractivity contribution >= 4 is 28.4 Å². The third-order valence-corrected chi connectivity index (χ3v) is 5.24. The molecule has 0 spiro atoms. The highest BCUT2D eigenvalue weighted by atomic mass is 16.6. The van der Waals surface area contributed by atoms with E-state index in [4.69, 9.17) is 14.0 Å². The molecule has 1 aliphatic rings. The first-order chi connectivity index (χ1) is 15.6. The van der Waals surface area contributed by atoms with E-state index in [1.807, 2.05) is 18.2 Å². The second-order valence-electron chi connectivity index (χ2n) is 7.80. The maximum Gasteiger partial charge on any atom is 0.272 e. The van der Waals surface area contributed by atoms with E-state index in [9.17, 15) is 4.79 Å². The van der Waals surface area contributed by atoms with Gasteiger partial charge in [-0.1, -0.05) is 25.1 Å². The summed E-state index contributed by atoms with van der Waals surface area (Å²) in [6.07, 6.45) is 4.24. The van der Waals surface area contributed by atoms with Crippen molar-refractivity contribution in [3.8, 4) is 11.5 Å². The van der Waals surface area contributed by atoms with Gasteiger partial charge in [0.15, 0.2) is 11.5 Å². The molecule has 1 aromatic carbocycles. The van der Waals surface area contributed by atoms with Crippen molar-refractivity contribution in [2.24, 2.45) is 5.92 Å². The smallest absolute Gasteiger partial charge is 0.272 e. The van der Waals surface area contributed by atoms with Crippen molar-refractivity contribution in [2.45, 2.75) is 19.9 Å². The molecule has 4 heterocycles. The summed E-state index contributed by atoms with van der Waals surface area (Å²) in [5, 5.41) is 10.5. The van der Waals surface area contributed by atoms with E-state index in [0.29, 0.717) is 41.4 Å². The minimum absolute atomic E-state index is 0.0480. The number of hydrogen-bond acceptors (Lipinski definition) is 8. The average Bonchev–Trinajstić information content (AvgIpc) is 3.47. The van der Waals surface area contributed by atoms with Gasteiger partial charge in [0, 0.05) is 0 Å². The van der Waals surface area contributed by atoms with Gasteiger partial charge in [-0.25, -0.2) is 9.97 Å². The molecule has 32 heavy (non-hydrogen) atoms. The van der Waals surface area contributed by atoms with Crippen LogP contribution < -0.4 is 20.1 Å². The third kappa shape index (κ3) is 3.82. The molecule has 1 atom stereocenters. The van der Waals surface area contributed by atoms with Gasteiger partial charge in [-0.2, -0.15) is 0 Å². The second-order valence-corrected chi connectivity index (χ2v) is 7.80. The summed E-state index contributed by atoms with van der Waals surface area (Å²) in [4.78, 5) is 24.3. The summed E-state index contributed by atoms with van der Waals surface area (Å²) >= 11 is 0.